The molecule has 0 radical (unpaired) electrons. The third-order valence-corrected chi connectivity index (χ3v) is 4.65. The van der Waals surface area contributed by atoms with E-state index in [1.807, 2.05) is 0 Å². The minimum atomic E-state index is -4.84. The Morgan fingerprint density at radius 1 is 1.16 bits per heavy atom. The number of H-pyrrole nitrogens is 1. The number of tetrazole rings is 1. The van der Waals surface area contributed by atoms with Crippen LogP contribution in [0.1, 0.15) is 12.5 Å². The molecule has 1 saturated heterocycles. The first kappa shape index (κ1) is 20.3. The molecule has 31 heavy (non-hydrogen) atoms. The minimum absolute atomic E-state index is 0.0594. The van der Waals surface area contributed by atoms with Gasteiger partial charge in [0.05, 0.1) is 5.69 Å². The van der Waals surface area contributed by atoms with Crippen molar-refractivity contribution in [1.82, 2.24) is 30.5 Å². The molecule has 13 heteroatoms. The van der Waals surface area contributed by atoms with Gasteiger partial charge in [0.25, 0.3) is 5.91 Å². The Hall–Kier alpha value is -4.03. The molecule has 0 spiro atoms. The van der Waals surface area contributed by atoms with Crippen molar-refractivity contribution in [3.05, 3.63) is 48.3 Å². The van der Waals surface area contributed by atoms with E-state index in [4.69, 9.17) is 0 Å². The van der Waals surface area contributed by atoms with E-state index in [0.717, 1.165) is 17.0 Å². The van der Waals surface area contributed by atoms with Gasteiger partial charge in [-0.3, -0.25) is 9.78 Å². The molecule has 3 aromatic rings. The molecule has 10 nitrogen and oxygen atoms in total. The summed E-state index contributed by atoms with van der Waals surface area (Å²) in [5.41, 5.74) is 1.31. The number of aromatic nitrogens is 5. The molecule has 1 atom stereocenters. The van der Waals surface area contributed by atoms with Crippen LogP contribution in [0.2, 0.25) is 0 Å². The molecule has 4 rings (SSSR count). The van der Waals surface area contributed by atoms with Gasteiger partial charge in [-0.25, -0.2) is 9.69 Å². The van der Waals surface area contributed by atoms with Crippen LogP contribution in [0, 0.1) is 0 Å². The van der Waals surface area contributed by atoms with Crippen molar-refractivity contribution in [2.45, 2.75) is 25.9 Å². The number of aromatic amines is 1. The monoisotopic (exact) mass is 433 g/mol. The molecule has 1 aromatic carbocycles. The number of nitrogens with zero attached hydrogens (tertiary/aromatic N) is 6. The van der Waals surface area contributed by atoms with E-state index in [-0.39, 0.29) is 18.1 Å². The molecule has 2 aromatic heterocycles. The second-order valence-corrected chi connectivity index (χ2v) is 6.57. The molecule has 3 amide bonds. The van der Waals surface area contributed by atoms with E-state index in [2.05, 4.69) is 30.3 Å². The second-order valence-electron chi connectivity index (χ2n) is 6.57. The summed E-state index contributed by atoms with van der Waals surface area (Å²) in [4.78, 5) is 32.0. The van der Waals surface area contributed by atoms with E-state index in [0.29, 0.717) is 11.1 Å². The first-order valence-electron chi connectivity index (χ1n) is 8.91. The van der Waals surface area contributed by atoms with Gasteiger partial charge in [-0.15, -0.1) is 23.4 Å². The number of urea groups is 1. The standard InChI is InChI=1S/C18H14F3N7O3/c1-10-16(29)28(12-2-4-13(5-3-12)31-18(19,20)21)17(30)27(10)9-11-6-7-22-8-14(11)15-23-25-26-24-15/h2-8,10H,9H2,1H3,(H,23,24,25,26). The van der Waals surface area contributed by atoms with Gasteiger partial charge in [-0.05, 0) is 48.0 Å². The summed E-state index contributed by atoms with van der Waals surface area (Å²) in [5.74, 6) is -0.683. The van der Waals surface area contributed by atoms with Crippen LogP contribution in [0.15, 0.2) is 42.7 Å². The second kappa shape index (κ2) is 7.66. The van der Waals surface area contributed by atoms with E-state index in [9.17, 15) is 22.8 Å². The zero-order valence-corrected chi connectivity index (χ0v) is 15.9. The summed E-state index contributed by atoms with van der Waals surface area (Å²) in [7, 11) is 0. The largest absolute Gasteiger partial charge is 0.573 e. The third kappa shape index (κ3) is 4.01. The van der Waals surface area contributed by atoms with Crippen molar-refractivity contribution in [1.29, 1.82) is 0 Å². The predicted molar refractivity (Wildman–Crippen MR) is 98.4 cm³/mol. The number of pyridine rings is 1. The van der Waals surface area contributed by atoms with Crippen LogP contribution >= 0.6 is 0 Å². The fourth-order valence-electron chi connectivity index (χ4n) is 3.17. The van der Waals surface area contributed by atoms with Gasteiger partial charge in [-0.2, -0.15) is 5.21 Å². The Morgan fingerprint density at radius 3 is 2.55 bits per heavy atom. The number of ether oxygens (including phenoxy) is 1. The number of halogens is 3. The fourth-order valence-corrected chi connectivity index (χ4v) is 3.17. The van der Waals surface area contributed by atoms with Crippen LogP contribution in [0.3, 0.4) is 0 Å². The van der Waals surface area contributed by atoms with Crippen LogP contribution in [-0.4, -0.2) is 54.9 Å². The first-order chi connectivity index (χ1) is 14.7. The normalized spacial score (nSPS) is 16.8. The van der Waals surface area contributed by atoms with Crippen LogP contribution in [0.25, 0.3) is 11.4 Å². The van der Waals surface area contributed by atoms with Gasteiger partial charge >= 0.3 is 12.4 Å². The highest BCUT2D eigenvalue weighted by molar-refractivity contribution is 6.21. The van der Waals surface area contributed by atoms with Gasteiger partial charge in [0, 0.05) is 24.5 Å². The molecule has 0 aliphatic carbocycles. The molecule has 0 saturated carbocycles. The molecular weight excluding hydrogens is 419 g/mol. The Balaban J connectivity index is 1.58. The average Bonchev–Trinajstić information content (AvgIpc) is 3.32. The number of benzene rings is 1. The van der Waals surface area contributed by atoms with Gasteiger partial charge in [0.15, 0.2) is 0 Å². The number of nitrogens with one attached hydrogen (secondary N) is 1. The quantitative estimate of drug-likeness (QED) is 0.615. The number of hydrogen-bond donors (Lipinski definition) is 1. The van der Waals surface area contributed by atoms with Crippen molar-refractivity contribution in [2.24, 2.45) is 0 Å². The average molecular weight is 433 g/mol. The highest BCUT2D eigenvalue weighted by Crippen LogP contribution is 2.31. The number of amides is 3. The molecule has 0 bridgehead atoms. The number of anilines is 1. The maximum atomic E-state index is 13.0. The van der Waals surface area contributed by atoms with Gasteiger partial charge in [-0.1, -0.05) is 0 Å². The predicted octanol–water partition coefficient (Wildman–Crippen LogP) is 2.52. The molecule has 1 fully saturated rings. The summed E-state index contributed by atoms with van der Waals surface area (Å²) in [6.45, 7) is 1.63. The van der Waals surface area contributed by atoms with Crippen LogP contribution < -0.4 is 9.64 Å². The minimum Gasteiger partial charge on any atom is -0.406 e. The van der Waals surface area contributed by atoms with Gasteiger partial charge in [0.2, 0.25) is 5.82 Å². The molecule has 1 unspecified atom stereocenters. The molecule has 1 N–H and O–H groups in total. The SMILES string of the molecule is CC1C(=O)N(c2ccc(OC(F)(F)F)cc2)C(=O)N1Cc1ccncc1-c1nn[nH]n1. The van der Waals surface area contributed by atoms with Crippen molar-refractivity contribution >= 4 is 17.6 Å². The van der Waals surface area contributed by atoms with Crippen molar-refractivity contribution in [3.63, 3.8) is 0 Å². The Bertz CT molecular complexity index is 1100. The van der Waals surface area contributed by atoms with Crippen molar-refractivity contribution in [3.8, 4) is 17.1 Å². The summed E-state index contributed by atoms with van der Waals surface area (Å²) in [5, 5.41) is 13.7. The molecule has 1 aliphatic rings. The topological polar surface area (TPSA) is 117 Å². The van der Waals surface area contributed by atoms with Crippen LogP contribution in [0.4, 0.5) is 23.7 Å². The van der Waals surface area contributed by atoms with Crippen molar-refractivity contribution < 1.29 is 27.5 Å². The van der Waals surface area contributed by atoms with Gasteiger partial charge < -0.3 is 9.64 Å². The lowest BCUT2D eigenvalue weighted by Crippen LogP contribution is -2.33. The summed E-state index contributed by atoms with van der Waals surface area (Å²) >= 11 is 0. The lowest BCUT2D eigenvalue weighted by atomic mass is 10.1. The number of carbonyl (C=O) groups is 2. The smallest absolute Gasteiger partial charge is 0.406 e. The zero-order valence-electron chi connectivity index (χ0n) is 15.9. The maximum Gasteiger partial charge on any atom is 0.573 e. The fraction of sp³-hybridized carbons (Fsp3) is 0.222. The summed E-state index contributed by atoms with van der Waals surface area (Å²) in [6.07, 6.45) is -1.79. The van der Waals surface area contributed by atoms with Crippen LogP contribution in [0.5, 0.6) is 5.75 Å². The number of hydrogen-bond acceptors (Lipinski definition) is 7. The zero-order chi connectivity index (χ0) is 22.2. The third-order valence-electron chi connectivity index (χ3n) is 4.65. The molecule has 1 aliphatic heterocycles. The molecule has 3 heterocycles. The molecular formula is C18H14F3N7O3. The first-order valence-corrected chi connectivity index (χ1v) is 8.91. The van der Waals surface area contributed by atoms with Crippen LogP contribution in [-0.2, 0) is 11.3 Å². The molecule has 160 valence electrons. The van der Waals surface area contributed by atoms with Gasteiger partial charge in [0.1, 0.15) is 11.8 Å². The Morgan fingerprint density at radius 2 is 1.90 bits per heavy atom. The summed E-state index contributed by atoms with van der Waals surface area (Å²) < 4.78 is 40.9. The van der Waals surface area contributed by atoms with E-state index in [1.54, 1.807) is 13.0 Å². The number of imide groups is 1. The number of carbonyl (C=O) groups excluding carboxylic acids is 2. The Kier molecular flexibility index (Phi) is 5.01. The van der Waals surface area contributed by atoms with E-state index < -0.39 is 30.1 Å². The Labute approximate surface area is 172 Å². The lowest BCUT2D eigenvalue weighted by molar-refractivity contribution is -0.274. The van der Waals surface area contributed by atoms with E-state index in [1.165, 1.54) is 29.4 Å². The van der Waals surface area contributed by atoms with E-state index >= 15 is 0 Å². The number of alkyl halides is 3. The highest BCUT2D eigenvalue weighted by Gasteiger charge is 2.43. The maximum absolute atomic E-state index is 13.0. The van der Waals surface area contributed by atoms with Crippen molar-refractivity contribution in [2.75, 3.05) is 4.90 Å². The summed E-state index contributed by atoms with van der Waals surface area (Å²) in [6, 6.07) is 4.75. The lowest BCUT2D eigenvalue weighted by Gasteiger charge is -2.20. The number of rotatable bonds is 5. The highest BCUT2D eigenvalue weighted by atomic mass is 19.4.